The van der Waals surface area contributed by atoms with Crippen LogP contribution in [0.2, 0.25) is 0 Å². The average molecular weight is 426 g/mol. The first-order valence-corrected chi connectivity index (χ1v) is 10.3. The smallest absolute Gasteiger partial charge is 0.243 e. The molecule has 1 saturated carbocycles. The zero-order chi connectivity index (χ0) is 18.8. The van der Waals surface area contributed by atoms with Gasteiger partial charge in [-0.1, -0.05) is 18.2 Å². The van der Waals surface area contributed by atoms with Crippen LogP contribution < -0.4 is 11.1 Å². The number of benzene rings is 1. The molecule has 1 aliphatic heterocycles. The maximum Gasteiger partial charge on any atom is 0.243 e. The van der Waals surface area contributed by atoms with Crippen LogP contribution in [0, 0.1) is 11.7 Å². The number of ether oxygens (including phenoxy) is 1. The number of halogens is 2. The highest BCUT2D eigenvalue weighted by Crippen LogP contribution is 2.44. The SMILES string of the molecule is Cl.NC(C(=O)Nc1nc(C2CC2)c(Cc2ccccc2F)s1)C1CCOCC1. The van der Waals surface area contributed by atoms with Crippen molar-refractivity contribution < 1.29 is 13.9 Å². The molecule has 1 atom stereocenters. The molecule has 3 N–H and O–H groups in total. The summed E-state index contributed by atoms with van der Waals surface area (Å²) < 4.78 is 19.4. The van der Waals surface area contributed by atoms with E-state index < -0.39 is 6.04 Å². The number of anilines is 1. The lowest BCUT2D eigenvalue weighted by Crippen LogP contribution is -2.43. The van der Waals surface area contributed by atoms with E-state index >= 15 is 0 Å². The molecule has 2 fully saturated rings. The summed E-state index contributed by atoms with van der Waals surface area (Å²) in [5.74, 6) is 0.160. The fourth-order valence-corrected chi connectivity index (χ4v) is 4.59. The van der Waals surface area contributed by atoms with Crippen LogP contribution in [0.1, 0.15) is 47.7 Å². The molecule has 8 heteroatoms. The van der Waals surface area contributed by atoms with Gasteiger partial charge in [-0.25, -0.2) is 9.37 Å². The van der Waals surface area contributed by atoms with Crippen LogP contribution in [0.3, 0.4) is 0 Å². The van der Waals surface area contributed by atoms with E-state index in [1.165, 1.54) is 17.4 Å². The molecule has 0 spiro atoms. The summed E-state index contributed by atoms with van der Waals surface area (Å²) in [7, 11) is 0. The highest BCUT2D eigenvalue weighted by molar-refractivity contribution is 7.15. The Kier molecular flexibility index (Phi) is 7.04. The van der Waals surface area contributed by atoms with Crippen molar-refractivity contribution in [1.29, 1.82) is 0 Å². The molecule has 0 bridgehead atoms. The summed E-state index contributed by atoms with van der Waals surface area (Å²) >= 11 is 1.43. The number of nitrogens with one attached hydrogen (secondary N) is 1. The van der Waals surface area contributed by atoms with E-state index in [0.29, 0.717) is 36.2 Å². The Labute approximate surface area is 174 Å². The number of nitrogens with zero attached hydrogens (tertiary/aromatic N) is 1. The van der Waals surface area contributed by atoms with Crippen LogP contribution in [0.25, 0.3) is 0 Å². The second kappa shape index (κ2) is 9.31. The third-order valence-electron chi connectivity index (χ3n) is 5.31. The van der Waals surface area contributed by atoms with E-state index in [0.717, 1.165) is 36.3 Å². The highest BCUT2D eigenvalue weighted by atomic mass is 35.5. The molecule has 1 aromatic carbocycles. The summed E-state index contributed by atoms with van der Waals surface area (Å²) in [6.45, 7) is 1.31. The summed E-state index contributed by atoms with van der Waals surface area (Å²) in [5, 5.41) is 3.46. The number of carbonyl (C=O) groups excluding carboxylic acids is 1. The lowest BCUT2D eigenvalue weighted by Gasteiger charge is -2.26. The molecule has 5 nitrogen and oxygen atoms in total. The molecule has 152 valence electrons. The molecular weight excluding hydrogens is 401 g/mol. The number of hydrogen-bond donors (Lipinski definition) is 2. The predicted molar refractivity (Wildman–Crippen MR) is 111 cm³/mol. The van der Waals surface area contributed by atoms with Gasteiger partial charge in [-0.05, 0) is 43.2 Å². The van der Waals surface area contributed by atoms with Gasteiger partial charge in [-0.2, -0.15) is 0 Å². The number of carbonyl (C=O) groups is 1. The van der Waals surface area contributed by atoms with Gasteiger partial charge < -0.3 is 15.8 Å². The van der Waals surface area contributed by atoms with Crippen molar-refractivity contribution in [1.82, 2.24) is 4.98 Å². The molecule has 1 amide bonds. The van der Waals surface area contributed by atoms with Gasteiger partial charge in [0.1, 0.15) is 5.82 Å². The number of amides is 1. The highest BCUT2D eigenvalue weighted by Gasteiger charge is 2.31. The Hall–Kier alpha value is -1.54. The van der Waals surface area contributed by atoms with Gasteiger partial charge in [0.2, 0.25) is 5.91 Å². The molecule has 1 unspecified atom stereocenters. The first kappa shape index (κ1) is 21.2. The maximum atomic E-state index is 14.0. The van der Waals surface area contributed by atoms with Crippen molar-refractivity contribution in [2.45, 2.75) is 44.1 Å². The van der Waals surface area contributed by atoms with Crippen LogP contribution in [-0.4, -0.2) is 30.1 Å². The third kappa shape index (κ3) is 4.89. The van der Waals surface area contributed by atoms with Gasteiger partial charge in [0.05, 0.1) is 11.7 Å². The summed E-state index contributed by atoms with van der Waals surface area (Å²) in [6.07, 6.45) is 4.31. The van der Waals surface area contributed by atoms with E-state index in [4.69, 9.17) is 10.5 Å². The first-order valence-electron chi connectivity index (χ1n) is 9.49. The molecule has 2 aliphatic rings. The minimum absolute atomic E-state index is 0. The van der Waals surface area contributed by atoms with Crippen molar-refractivity contribution in [2.24, 2.45) is 11.7 Å². The zero-order valence-corrected chi connectivity index (χ0v) is 17.2. The van der Waals surface area contributed by atoms with Gasteiger partial charge >= 0.3 is 0 Å². The monoisotopic (exact) mass is 425 g/mol. The van der Waals surface area contributed by atoms with Gasteiger partial charge in [-0.15, -0.1) is 23.7 Å². The molecule has 0 radical (unpaired) electrons. The van der Waals surface area contributed by atoms with E-state index in [1.807, 2.05) is 6.07 Å². The van der Waals surface area contributed by atoms with Crippen LogP contribution >= 0.6 is 23.7 Å². The predicted octanol–water partition coefficient (Wildman–Crippen LogP) is 3.86. The van der Waals surface area contributed by atoms with Gasteiger partial charge in [-0.3, -0.25) is 4.79 Å². The van der Waals surface area contributed by atoms with Gasteiger partial charge in [0.15, 0.2) is 5.13 Å². The third-order valence-corrected chi connectivity index (χ3v) is 6.29. The minimum atomic E-state index is -0.558. The zero-order valence-electron chi connectivity index (χ0n) is 15.5. The van der Waals surface area contributed by atoms with Crippen LogP contribution in [0.5, 0.6) is 0 Å². The van der Waals surface area contributed by atoms with E-state index in [2.05, 4.69) is 10.3 Å². The summed E-state index contributed by atoms with van der Waals surface area (Å²) in [5.41, 5.74) is 7.81. The normalized spacial score (nSPS) is 18.4. The Bertz CT molecular complexity index is 822. The van der Waals surface area contributed by atoms with Crippen molar-refractivity contribution in [3.8, 4) is 0 Å². The second-order valence-corrected chi connectivity index (χ2v) is 8.42. The fourth-order valence-electron chi connectivity index (χ4n) is 3.51. The van der Waals surface area contributed by atoms with Crippen molar-refractivity contribution in [2.75, 3.05) is 18.5 Å². The van der Waals surface area contributed by atoms with Crippen LogP contribution in [0.15, 0.2) is 24.3 Å². The minimum Gasteiger partial charge on any atom is -0.381 e. The molecule has 4 rings (SSSR count). The number of aromatic nitrogens is 1. The molecule has 2 heterocycles. The van der Waals surface area contributed by atoms with Crippen molar-refractivity contribution in [3.63, 3.8) is 0 Å². The van der Waals surface area contributed by atoms with E-state index in [9.17, 15) is 9.18 Å². The quantitative estimate of drug-likeness (QED) is 0.736. The largest absolute Gasteiger partial charge is 0.381 e. The Morgan fingerprint density at radius 3 is 2.68 bits per heavy atom. The average Bonchev–Trinajstić information content (AvgIpc) is 3.46. The molecule has 1 saturated heterocycles. The van der Waals surface area contributed by atoms with Crippen molar-refractivity contribution in [3.05, 3.63) is 46.2 Å². The molecule has 1 aliphatic carbocycles. The number of thiazole rings is 1. The number of rotatable bonds is 6. The standard InChI is InChI=1S/C20H24FN3O2S.ClH/c21-15-4-2-1-3-14(15)11-16-18(13-5-6-13)23-20(27-16)24-19(25)17(22)12-7-9-26-10-8-12;/h1-4,12-13,17H,5-11,22H2,(H,23,24,25);1H. The molecular formula is C20H25ClFN3O2S. The topological polar surface area (TPSA) is 77.2 Å². The Morgan fingerprint density at radius 1 is 1.29 bits per heavy atom. The Morgan fingerprint density at radius 2 is 2.00 bits per heavy atom. The second-order valence-electron chi connectivity index (χ2n) is 7.33. The molecule has 28 heavy (non-hydrogen) atoms. The number of hydrogen-bond acceptors (Lipinski definition) is 5. The van der Waals surface area contributed by atoms with Crippen LogP contribution in [0.4, 0.5) is 9.52 Å². The summed E-state index contributed by atoms with van der Waals surface area (Å²) in [4.78, 5) is 18.2. The van der Waals surface area contributed by atoms with Crippen LogP contribution in [-0.2, 0) is 16.0 Å². The lowest BCUT2D eigenvalue weighted by molar-refractivity contribution is -0.119. The fraction of sp³-hybridized carbons (Fsp3) is 0.500. The van der Waals surface area contributed by atoms with Gasteiger partial charge in [0.25, 0.3) is 0 Å². The Balaban J connectivity index is 0.00000225. The first-order chi connectivity index (χ1) is 13.1. The number of nitrogens with two attached hydrogens (primary N) is 1. The van der Waals surface area contributed by atoms with Crippen molar-refractivity contribution >= 4 is 34.8 Å². The van der Waals surface area contributed by atoms with Gasteiger partial charge in [0, 0.05) is 30.4 Å². The summed E-state index contributed by atoms with van der Waals surface area (Å²) in [6, 6.07) is 6.24. The van der Waals surface area contributed by atoms with E-state index in [1.54, 1.807) is 12.1 Å². The maximum absolute atomic E-state index is 14.0. The molecule has 1 aromatic heterocycles. The molecule has 2 aromatic rings. The van der Waals surface area contributed by atoms with E-state index in [-0.39, 0.29) is 30.0 Å². The lowest BCUT2D eigenvalue weighted by atomic mass is 9.92.